The zero-order valence-electron chi connectivity index (χ0n) is 9.54. The van der Waals surface area contributed by atoms with E-state index >= 15 is 0 Å². The van der Waals surface area contributed by atoms with Crippen molar-refractivity contribution in [1.82, 2.24) is 25.4 Å². The molecule has 1 unspecified atom stereocenters. The Morgan fingerprint density at radius 1 is 1.56 bits per heavy atom. The normalized spacial score (nSPS) is 19.3. The van der Waals surface area contributed by atoms with Gasteiger partial charge in [-0.25, -0.2) is 4.63 Å². The van der Waals surface area contributed by atoms with E-state index in [-0.39, 0.29) is 23.5 Å². The molecule has 0 aliphatic carbocycles. The van der Waals surface area contributed by atoms with E-state index in [0.717, 1.165) is 18.5 Å². The molecule has 8 nitrogen and oxygen atoms in total. The quantitative estimate of drug-likeness (QED) is 0.792. The van der Waals surface area contributed by atoms with Crippen LogP contribution in [0, 0.1) is 0 Å². The molecular formula is C10H12N6O2. The summed E-state index contributed by atoms with van der Waals surface area (Å²) in [4.78, 5) is 14.0. The Labute approximate surface area is 102 Å². The fourth-order valence-corrected chi connectivity index (χ4v) is 2.27. The number of hydrogen-bond donors (Lipinski definition) is 2. The topological polar surface area (TPSA) is 114 Å². The largest absolute Gasteiger partial charge is 0.379 e. The number of hydrogen-bond acceptors (Lipinski definition) is 6. The maximum absolute atomic E-state index is 12.3. The minimum Gasteiger partial charge on any atom is -0.379 e. The monoisotopic (exact) mass is 248 g/mol. The van der Waals surface area contributed by atoms with Crippen molar-refractivity contribution in [2.45, 2.75) is 18.9 Å². The molecule has 0 aromatic carbocycles. The molecule has 0 saturated carbocycles. The van der Waals surface area contributed by atoms with Gasteiger partial charge in [-0.15, -0.1) is 0 Å². The van der Waals surface area contributed by atoms with Gasteiger partial charge in [-0.2, -0.15) is 5.10 Å². The summed E-state index contributed by atoms with van der Waals surface area (Å²) in [6, 6.07) is 1.84. The van der Waals surface area contributed by atoms with Gasteiger partial charge in [0.05, 0.1) is 11.7 Å². The molecule has 0 radical (unpaired) electrons. The second kappa shape index (κ2) is 4.13. The molecule has 2 aromatic heterocycles. The number of nitrogens with two attached hydrogens (primary N) is 1. The van der Waals surface area contributed by atoms with Crippen LogP contribution in [0.3, 0.4) is 0 Å². The maximum atomic E-state index is 12.3. The van der Waals surface area contributed by atoms with Gasteiger partial charge in [-0.05, 0) is 29.2 Å². The predicted octanol–water partition coefficient (Wildman–Crippen LogP) is 0.352. The number of amides is 1. The number of rotatable bonds is 2. The fraction of sp³-hybridized carbons (Fsp3) is 0.400. The molecular weight excluding hydrogens is 236 g/mol. The maximum Gasteiger partial charge on any atom is 0.280 e. The van der Waals surface area contributed by atoms with Gasteiger partial charge in [0.25, 0.3) is 5.91 Å². The SMILES string of the molecule is Nc1nonc1C(=O)N1CCCC1c1ccn[nH]1. The average Bonchev–Trinajstić information content (AvgIpc) is 3.09. The molecule has 94 valence electrons. The second-order valence-corrected chi connectivity index (χ2v) is 4.17. The Morgan fingerprint density at radius 3 is 3.11 bits per heavy atom. The van der Waals surface area contributed by atoms with Gasteiger partial charge in [-0.3, -0.25) is 9.89 Å². The highest BCUT2D eigenvalue weighted by Crippen LogP contribution is 2.32. The van der Waals surface area contributed by atoms with E-state index < -0.39 is 0 Å². The lowest BCUT2D eigenvalue weighted by molar-refractivity contribution is 0.0722. The first-order valence-electron chi connectivity index (χ1n) is 5.65. The number of carbonyl (C=O) groups excluding carboxylic acids is 1. The Kier molecular flexibility index (Phi) is 2.47. The molecule has 3 heterocycles. The minimum absolute atomic E-state index is 0.0175. The van der Waals surface area contributed by atoms with E-state index in [1.54, 1.807) is 11.1 Å². The van der Waals surface area contributed by atoms with Crippen molar-refractivity contribution in [3.63, 3.8) is 0 Å². The van der Waals surface area contributed by atoms with Crippen molar-refractivity contribution in [3.05, 3.63) is 23.7 Å². The number of anilines is 1. The summed E-state index contributed by atoms with van der Waals surface area (Å²) in [5.74, 6) is -0.235. The Hall–Kier alpha value is -2.38. The Morgan fingerprint density at radius 2 is 2.44 bits per heavy atom. The lowest BCUT2D eigenvalue weighted by atomic mass is 10.1. The molecule has 18 heavy (non-hydrogen) atoms. The van der Waals surface area contributed by atoms with Crippen LogP contribution >= 0.6 is 0 Å². The van der Waals surface area contributed by atoms with Gasteiger partial charge in [0, 0.05) is 12.7 Å². The molecule has 1 aliphatic rings. The lowest BCUT2D eigenvalue weighted by Gasteiger charge is -2.22. The van der Waals surface area contributed by atoms with E-state index in [1.807, 2.05) is 6.07 Å². The molecule has 0 bridgehead atoms. The van der Waals surface area contributed by atoms with Gasteiger partial charge in [0.2, 0.25) is 11.5 Å². The number of aromatic nitrogens is 4. The third kappa shape index (κ3) is 1.62. The van der Waals surface area contributed by atoms with Crippen LogP contribution in [-0.4, -0.2) is 37.9 Å². The summed E-state index contributed by atoms with van der Waals surface area (Å²) in [7, 11) is 0. The van der Waals surface area contributed by atoms with Crippen molar-refractivity contribution < 1.29 is 9.42 Å². The summed E-state index contributed by atoms with van der Waals surface area (Å²) >= 11 is 0. The predicted molar refractivity (Wildman–Crippen MR) is 60.3 cm³/mol. The van der Waals surface area contributed by atoms with Crippen molar-refractivity contribution >= 4 is 11.7 Å². The van der Waals surface area contributed by atoms with Gasteiger partial charge < -0.3 is 10.6 Å². The van der Waals surface area contributed by atoms with Crippen LogP contribution < -0.4 is 5.73 Å². The molecule has 8 heteroatoms. The van der Waals surface area contributed by atoms with E-state index in [4.69, 9.17) is 5.73 Å². The van der Waals surface area contributed by atoms with Crippen LogP contribution in [0.1, 0.15) is 35.1 Å². The molecule has 1 amide bonds. The number of nitrogens with one attached hydrogen (secondary N) is 1. The van der Waals surface area contributed by atoms with Crippen LogP contribution in [0.4, 0.5) is 5.82 Å². The van der Waals surface area contributed by atoms with Crippen molar-refractivity contribution in [2.75, 3.05) is 12.3 Å². The Balaban J connectivity index is 1.88. The highest BCUT2D eigenvalue weighted by Gasteiger charge is 2.34. The number of nitrogens with zero attached hydrogens (tertiary/aromatic N) is 4. The van der Waals surface area contributed by atoms with Crippen LogP contribution in [0.5, 0.6) is 0 Å². The fourth-order valence-electron chi connectivity index (χ4n) is 2.27. The van der Waals surface area contributed by atoms with Crippen LogP contribution in [0.15, 0.2) is 16.9 Å². The van der Waals surface area contributed by atoms with Crippen molar-refractivity contribution in [3.8, 4) is 0 Å². The molecule has 1 atom stereocenters. The van der Waals surface area contributed by atoms with Crippen LogP contribution in [-0.2, 0) is 0 Å². The summed E-state index contributed by atoms with van der Waals surface area (Å²) in [5.41, 5.74) is 6.52. The third-order valence-corrected chi connectivity index (χ3v) is 3.11. The number of likely N-dealkylation sites (tertiary alicyclic amines) is 1. The van der Waals surface area contributed by atoms with Crippen LogP contribution in [0.25, 0.3) is 0 Å². The van der Waals surface area contributed by atoms with E-state index in [2.05, 4.69) is 25.1 Å². The van der Waals surface area contributed by atoms with Gasteiger partial charge in [0.1, 0.15) is 0 Å². The number of carbonyl (C=O) groups is 1. The first-order chi connectivity index (χ1) is 8.77. The molecule has 3 rings (SSSR count). The molecule has 3 N–H and O–H groups in total. The molecule has 0 spiro atoms. The zero-order valence-corrected chi connectivity index (χ0v) is 9.54. The van der Waals surface area contributed by atoms with E-state index in [0.29, 0.717) is 6.54 Å². The van der Waals surface area contributed by atoms with Gasteiger partial charge in [-0.1, -0.05) is 0 Å². The average molecular weight is 248 g/mol. The lowest BCUT2D eigenvalue weighted by Crippen LogP contribution is -2.31. The molecule has 1 saturated heterocycles. The van der Waals surface area contributed by atoms with E-state index in [1.165, 1.54) is 0 Å². The summed E-state index contributed by atoms with van der Waals surface area (Å²) in [5, 5.41) is 13.8. The minimum atomic E-state index is -0.258. The van der Waals surface area contributed by atoms with Crippen LogP contribution in [0.2, 0.25) is 0 Å². The first kappa shape index (κ1) is 10.8. The van der Waals surface area contributed by atoms with Crippen molar-refractivity contribution in [1.29, 1.82) is 0 Å². The zero-order chi connectivity index (χ0) is 12.5. The summed E-state index contributed by atoms with van der Waals surface area (Å²) in [6.45, 7) is 0.662. The summed E-state index contributed by atoms with van der Waals surface area (Å²) in [6.07, 6.45) is 3.49. The van der Waals surface area contributed by atoms with Gasteiger partial charge in [0.15, 0.2) is 0 Å². The smallest absolute Gasteiger partial charge is 0.280 e. The third-order valence-electron chi connectivity index (χ3n) is 3.11. The molecule has 1 aliphatic heterocycles. The number of nitrogen functional groups attached to an aromatic ring is 1. The molecule has 1 fully saturated rings. The van der Waals surface area contributed by atoms with Gasteiger partial charge >= 0.3 is 0 Å². The Bertz CT molecular complexity index is 548. The highest BCUT2D eigenvalue weighted by molar-refractivity contribution is 5.96. The van der Waals surface area contributed by atoms with E-state index in [9.17, 15) is 4.79 Å². The number of H-pyrrole nitrogens is 1. The standard InChI is InChI=1S/C10H12N6O2/c11-9-8(14-18-15-9)10(17)16-5-1-2-7(16)6-3-4-12-13-6/h3-4,7H,1-2,5H2,(H2,11,15)(H,12,13). The summed E-state index contributed by atoms with van der Waals surface area (Å²) < 4.78 is 4.46. The second-order valence-electron chi connectivity index (χ2n) is 4.17. The molecule has 2 aromatic rings. The highest BCUT2D eigenvalue weighted by atomic mass is 16.6. The van der Waals surface area contributed by atoms with Crippen molar-refractivity contribution in [2.24, 2.45) is 0 Å². The first-order valence-corrected chi connectivity index (χ1v) is 5.65. The number of aromatic amines is 1.